The first-order valence-electron chi connectivity index (χ1n) is 7.47. The summed E-state index contributed by atoms with van der Waals surface area (Å²) >= 11 is 6.12. The lowest BCUT2D eigenvalue weighted by Crippen LogP contribution is -2.37. The molecule has 22 heavy (non-hydrogen) atoms. The third-order valence-corrected chi connectivity index (χ3v) is 3.94. The molecule has 1 aromatic carbocycles. The van der Waals surface area contributed by atoms with Crippen molar-refractivity contribution in [3.63, 3.8) is 0 Å². The molecule has 0 aliphatic heterocycles. The van der Waals surface area contributed by atoms with Gasteiger partial charge in [0.25, 0.3) is 5.91 Å². The Balaban J connectivity index is 2.89. The normalized spacial score (nSPS) is 13.5. The molecule has 0 heterocycles. The van der Waals surface area contributed by atoms with Crippen LogP contribution in [0.4, 0.5) is 5.69 Å². The van der Waals surface area contributed by atoms with Crippen LogP contribution in [0, 0.1) is 5.92 Å². The van der Waals surface area contributed by atoms with Crippen molar-refractivity contribution < 1.29 is 9.90 Å². The number of carbonyl (C=O) groups is 1. The Labute approximate surface area is 137 Å². The van der Waals surface area contributed by atoms with Gasteiger partial charge in [-0.05, 0) is 37.5 Å². The number of amides is 1. The summed E-state index contributed by atoms with van der Waals surface area (Å²) in [6.45, 7) is 9.81. The van der Waals surface area contributed by atoms with Crippen LogP contribution in [0.15, 0.2) is 30.9 Å². The Morgan fingerprint density at radius 2 is 2.09 bits per heavy atom. The number of hydrogen-bond acceptors (Lipinski definition) is 3. The smallest absolute Gasteiger partial charge is 0.253 e. The number of nitrogens with one attached hydrogen (secondary N) is 2. The van der Waals surface area contributed by atoms with Crippen molar-refractivity contribution in [2.45, 2.75) is 39.3 Å². The van der Waals surface area contributed by atoms with Gasteiger partial charge in [0.2, 0.25) is 0 Å². The largest absolute Gasteiger partial charge is 0.394 e. The quantitative estimate of drug-likeness (QED) is 0.642. The van der Waals surface area contributed by atoms with E-state index in [4.69, 9.17) is 11.6 Å². The standard InChI is InChI=1S/C17H25ClN2O2/c1-5-6-14(10-21)20-17(22)15-9-13(7-8-16(15)18)19-12(4)11(2)3/h5,7-9,11-12,14,19,21H,1,6,10H2,2-4H3,(H,20,22)/t12-,14-/m0/s1. The van der Waals surface area contributed by atoms with Gasteiger partial charge < -0.3 is 15.7 Å². The van der Waals surface area contributed by atoms with Gasteiger partial charge in [0, 0.05) is 11.7 Å². The zero-order valence-corrected chi connectivity index (χ0v) is 14.2. The molecule has 0 spiro atoms. The van der Waals surface area contributed by atoms with Gasteiger partial charge in [-0.1, -0.05) is 31.5 Å². The first-order valence-corrected chi connectivity index (χ1v) is 7.85. The lowest BCUT2D eigenvalue weighted by atomic mass is 10.1. The summed E-state index contributed by atoms with van der Waals surface area (Å²) in [5.41, 5.74) is 1.24. The van der Waals surface area contributed by atoms with E-state index in [0.29, 0.717) is 22.9 Å². The Bertz CT molecular complexity index is 517. The van der Waals surface area contributed by atoms with Crippen molar-refractivity contribution in [1.82, 2.24) is 5.32 Å². The lowest BCUT2D eigenvalue weighted by molar-refractivity contribution is 0.0917. The monoisotopic (exact) mass is 324 g/mol. The Morgan fingerprint density at radius 1 is 1.41 bits per heavy atom. The van der Waals surface area contributed by atoms with Crippen LogP contribution in [0.5, 0.6) is 0 Å². The Hall–Kier alpha value is -1.52. The summed E-state index contributed by atoms with van der Waals surface area (Å²) < 4.78 is 0. The lowest BCUT2D eigenvalue weighted by Gasteiger charge is -2.20. The molecule has 3 N–H and O–H groups in total. The third kappa shape index (κ3) is 5.35. The molecular formula is C17H25ClN2O2. The number of aliphatic hydroxyl groups excluding tert-OH is 1. The highest BCUT2D eigenvalue weighted by atomic mass is 35.5. The average molecular weight is 325 g/mol. The number of halogens is 1. The SMILES string of the molecule is C=CC[C@@H](CO)NC(=O)c1cc(N[C@@H](C)C(C)C)ccc1Cl. The molecule has 0 fully saturated rings. The van der Waals surface area contributed by atoms with Crippen molar-refractivity contribution in [2.24, 2.45) is 5.92 Å². The number of carbonyl (C=O) groups excluding carboxylic acids is 1. The van der Waals surface area contributed by atoms with E-state index in [-0.39, 0.29) is 24.6 Å². The highest BCUT2D eigenvalue weighted by Gasteiger charge is 2.16. The van der Waals surface area contributed by atoms with Crippen molar-refractivity contribution in [3.05, 3.63) is 41.4 Å². The van der Waals surface area contributed by atoms with Crippen LogP contribution in [-0.2, 0) is 0 Å². The molecule has 0 unspecified atom stereocenters. The summed E-state index contributed by atoms with van der Waals surface area (Å²) in [6, 6.07) is 5.22. The molecule has 0 saturated heterocycles. The van der Waals surface area contributed by atoms with E-state index in [1.54, 1.807) is 18.2 Å². The van der Waals surface area contributed by atoms with Crippen molar-refractivity contribution in [1.29, 1.82) is 0 Å². The minimum absolute atomic E-state index is 0.141. The predicted octanol–water partition coefficient (Wildman–Crippen LogP) is 3.46. The Morgan fingerprint density at radius 3 is 2.64 bits per heavy atom. The van der Waals surface area contributed by atoms with Gasteiger partial charge in [0.15, 0.2) is 0 Å². The van der Waals surface area contributed by atoms with E-state index in [1.165, 1.54) is 0 Å². The first-order chi connectivity index (χ1) is 10.4. The molecule has 1 aromatic rings. The van der Waals surface area contributed by atoms with Gasteiger partial charge in [-0.3, -0.25) is 4.79 Å². The number of hydrogen-bond donors (Lipinski definition) is 3. The van der Waals surface area contributed by atoms with Crippen molar-refractivity contribution in [3.8, 4) is 0 Å². The fraction of sp³-hybridized carbons (Fsp3) is 0.471. The van der Waals surface area contributed by atoms with Crippen LogP contribution in [0.2, 0.25) is 5.02 Å². The number of benzene rings is 1. The summed E-state index contributed by atoms with van der Waals surface area (Å²) in [5, 5.41) is 15.7. The summed E-state index contributed by atoms with van der Waals surface area (Å²) in [4.78, 5) is 12.3. The number of aliphatic hydroxyl groups is 1. The minimum Gasteiger partial charge on any atom is -0.394 e. The minimum atomic E-state index is -0.354. The molecule has 0 bridgehead atoms. The molecule has 0 aromatic heterocycles. The highest BCUT2D eigenvalue weighted by Crippen LogP contribution is 2.22. The van der Waals surface area contributed by atoms with Crippen LogP contribution in [0.1, 0.15) is 37.6 Å². The summed E-state index contributed by atoms with van der Waals surface area (Å²) in [7, 11) is 0. The van der Waals surface area contributed by atoms with Gasteiger partial charge in [-0.25, -0.2) is 0 Å². The third-order valence-electron chi connectivity index (χ3n) is 3.61. The molecule has 2 atom stereocenters. The van der Waals surface area contributed by atoms with Crippen LogP contribution >= 0.6 is 11.6 Å². The number of anilines is 1. The van der Waals surface area contributed by atoms with Crippen molar-refractivity contribution in [2.75, 3.05) is 11.9 Å². The Kier molecular flexibility index (Phi) is 7.42. The maximum Gasteiger partial charge on any atom is 0.253 e. The maximum absolute atomic E-state index is 12.3. The summed E-state index contributed by atoms with van der Waals surface area (Å²) in [6.07, 6.45) is 2.16. The molecule has 4 nitrogen and oxygen atoms in total. The second-order valence-electron chi connectivity index (χ2n) is 5.75. The van der Waals surface area contributed by atoms with Crippen LogP contribution in [0.25, 0.3) is 0 Å². The maximum atomic E-state index is 12.3. The van der Waals surface area contributed by atoms with Crippen molar-refractivity contribution >= 4 is 23.2 Å². The zero-order chi connectivity index (χ0) is 16.7. The molecule has 122 valence electrons. The fourth-order valence-corrected chi connectivity index (χ4v) is 2.07. The van der Waals surface area contributed by atoms with Crippen LogP contribution in [-0.4, -0.2) is 29.7 Å². The van der Waals surface area contributed by atoms with E-state index in [9.17, 15) is 9.90 Å². The molecule has 0 aliphatic rings. The molecular weight excluding hydrogens is 300 g/mol. The molecule has 1 rings (SSSR count). The predicted molar refractivity (Wildman–Crippen MR) is 92.5 cm³/mol. The highest BCUT2D eigenvalue weighted by molar-refractivity contribution is 6.34. The molecule has 0 aliphatic carbocycles. The van der Waals surface area contributed by atoms with Gasteiger partial charge in [0.05, 0.1) is 23.2 Å². The van der Waals surface area contributed by atoms with Gasteiger partial charge in [-0.15, -0.1) is 6.58 Å². The van der Waals surface area contributed by atoms with Gasteiger partial charge in [-0.2, -0.15) is 0 Å². The van der Waals surface area contributed by atoms with E-state index in [1.807, 2.05) is 6.07 Å². The van der Waals surface area contributed by atoms with Gasteiger partial charge >= 0.3 is 0 Å². The van der Waals surface area contributed by atoms with Crippen LogP contribution < -0.4 is 10.6 Å². The number of rotatable bonds is 8. The molecule has 1 amide bonds. The second kappa shape index (κ2) is 8.81. The fourth-order valence-electron chi connectivity index (χ4n) is 1.86. The average Bonchev–Trinajstić information content (AvgIpc) is 2.48. The second-order valence-corrected chi connectivity index (χ2v) is 6.16. The van der Waals surface area contributed by atoms with E-state index >= 15 is 0 Å². The van der Waals surface area contributed by atoms with Crippen LogP contribution in [0.3, 0.4) is 0 Å². The van der Waals surface area contributed by atoms with Gasteiger partial charge in [0.1, 0.15) is 0 Å². The van der Waals surface area contributed by atoms with E-state index < -0.39 is 0 Å². The molecule has 5 heteroatoms. The van der Waals surface area contributed by atoms with E-state index in [2.05, 4.69) is 38.0 Å². The topological polar surface area (TPSA) is 61.4 Å². The summed E-state index contributed by atoms with van der Waals surface area (Å²) in [5.74, 6) is 0.172. The molecule has 0 radical (unpaired) electrons. The zero-order valence-electron chi connectivity index (χ0n) is 13.4. The van der Waals surface area contributed by atoms with E-state index in [0.717, 1.165) is 5.69 Å². The molecule has 0 saturated carbocycles. The first kappa shape index (κ1) is 18.5.